The predicted molar refractivity (Wildman–Crippen MR) is 79.6 cm³/mol. The minimum atomic E-state index is -0.817. The van der Waals surface area contributed by atoms with E-state index in [4.69, 9.17) is 0 Å². The highest BCUT2D eigenvalue weighted by Gasteiger charge is 2.61. The van der Waals surface area contributed by atoms with Crippen LogP contribution in [0.5, 0.6) is 0 Å². The molecule has 0 unspecified atom stereocenters. The van der Waals surface area contributed by atoms with E-state index in [0.29, 0.717) is 24.1 Å². The zero-order valence-electron chi connectivity index (χ0n) is 12.5. The van der Waals surface area contributed by atoms with E-state index in [1.54, 1.807) is 23.1 Å². The van der Waals surface area contributed by atoms with E-state index in [1.807, 2.05) is 6.92 Å². The molecule has 0 aromatic heterocycles. The van der Waals surface area contributed by atoms with Crippen molar-refractivity contribution in [3.8, 4) is 0 Å². The first-order chi connectivity index (χ1) is 10.3. The molecule has 2 aliphatic heterocycles. The number of carboxylic acid groups (broad SMARTS) is 1. The molecule has 6 nitrogen and oxygen atoms in total. The normalized spacial score (nSPS) is 25.5. The maximum Gasteiger partial charge on any atom is 0.311 e. The molecule has 116 valence electrons. The van der Waals surface area contributed by atoms with Crippen molar-refractivity contribution in [2.45, 2.75) is 32.7 Å². The van der Waals surface area contributed by atoms with E-state index < -0.39 is 11.4 Å². The molecule has 2 bridgehead atoms. The molecule has 3 aliphatic rings. The summed E-state index contributed by atoms with van der Waals surface area (Å²) in [4.78, 5) is 36.9. The van der Waals surface area contributed by atoms with Gasteiger partial charge in [-0.3, -0.25) is 14.4 Å². The Labute approximate surface area is 128 Å². The van der Waals surface area contributed by atoms with Gasteiger partial charge in [0.1, 0.15) is 0 Å². The average Bonchev–Trinajstić information content (AvgIpc) is 2.95. The van der Waals surface area contributed by atoms with Crippen molar-refractivity contribution in [3.63, 3.8) is 0 Å². The van der Waals surface area contributed by atoms with Gasteiger partial charge in [-0.2, -0.15) is 0 Å². The smallest absolute Gasteiger partial charge is 0.311 e. The molecule has 1 aromatic rings. The van der Waals surface area contributed by atoms with Gasteiger partial charge in [-0.1, -0.05) is 6.07 Å². The fourth-order valence-corrected chi connectivity index (χ4v) is 3.41. The number of carboxylic acids is 1. The minimum Gasteiger partial charge on any atom is -0.481 e. The van der Waals surface area contributed by atoms with Crippen molar-refractivity contribution in [3.05, 3.63) is 29.3 Å². The summed E-state index contributed by atoms with van der Waals surface area (Å²) in [7, 11) is 0. The number of aryl methyl sites for hydroxylation is 1. The van der Waals surface area contributed by atoms with Gasteiger partial charge in [0.25, 0.3) is 5.91 Å². The van der Waals surface area contributed by atoms with Gasteiger partial charge in [-0.05, 0) is 37.5 Å². The van der Waals surface area contributed by atoms with Crippen LogP contribution in [0, 0.1) is 12.3 Å². The van der Waals surface area contributed by atoms with Crippen LogP contribution in [0.2, 0.25) is 0 Å². The van der Waals surface area contributed by atoms with Crippen molar-refractivity contribution >= 4 is 23.5 Å². The summed E-state index contributed by atoms with van der Waals surface area (Å²) >= 11 is 0. The second kappa shape index (κ2) is 4.83. The second-order valence-corrected chi connectivity index (χ2v) is 6.29. The highest BCUT2D eigenvalue weighted by Crippen LogP contribution is 2.52. The number of hydrogen-bond acceptors (Lipinski definition) is 3. The summed E-state index contributed by atoms with van der Waals surface area (Å²) in [5.74, 6) is -1.17. The van der Waals surface area contributed by atoms with Crippen LogP contribution in [0.4, 0.5) is 5.69 Å². The molecule has 0 radical (unpaired) electrons. The fourth-order valence-electron chi connectivity index (χ4n) is 3.41. The Balaban J connectivity index is 1.84. The highest BCUT2D eigenvalue weighted by molar-refractivity contribution is 5.99. The van der Waals surface area contributed by atoms with Crippen molar-refractivity contribution in [2.24, 2.45) is 5.41 Å². The molecule has 2 N–H and O–H groups in total. The Morgan fingerprint density at radius 3 is 2.55 bits per heavy atom. The number of fused-ring (bicyclic) bond motifs is 1. The first-order valence-electron chi connectivity index (χ1n) is 7.25. The molecular formula is C16H18N2O4. The predicted octanol–water partition coefficient (Wildman–Crippen LogP) is 1.64. The molecule has 4 rings (SSSR count). The first kappa shape index (κ1) is 14.6. The number of benzene rings is 1. The van der Waals surface area contributed by atoms with Crippen LogP contribution in [0.25, 0.3) is 0 Å². The Morgan fingerprint density at radius 2 is 2.00 bits per heavy atom. The molecule has 6 heteroatoms. The zero-order chi connectivity index (χ0) is 16.1. The molecule has 22 heavy (non-hydrogen) atoms. The number of amides is 2. The van der Waals surface area contributed by atoms with Gasteiger partial charge in [0.05, 0.1) is 5.41 Å². The van der Waals surface area contributed by atoms with Crippen LogP contribution in [-0.2, 0) is 9.59 Å². The molecular weight excluding hydrogens is 284 g/mol. The Morgan fingerprint density at radius 1 is 1.32 bits per heavy atom. The summed E-state index contributed by atoms with van der Waals surface area (Å²) in [6, 6.07) is 5.21. The van der Waals surface area contributed by atoms with Gasteiger partial charge in [-0.15, -0.1) is 0 Å². The van der Waals surface area contributed by atoms with E-state index in [-0.39, 0.29) is 24.4 Å². The summed E-state index contributed by atoms with van der Waals surface area (Å²) in [5.41, 5.74) is 1.15. The maximum atomic E-state index is 12.7. The Bertz CT molecular complexity index is 677. The van der Waals surface area contributed by atoms with Crippen molar-refractivity contribution < 1.29 is 19.5 Å². The van der Waals surface area contributed by atoms with Crippen LogP contribution >= 0.6 is 0 Å². The lowest BCUT2D eigenvalue weighted by atomic mass is 9.70. The van der Waals surface area contributed by atoms with E-state index in [9.17, 15) is 19.5 Å². The van der Waals surface area contributed by atoms with Crippen LogP contribution in [0.3, 0.4) is 0 Å². The van der Waals surface area contributed by atoms with Gasteiger partial charge in [0.2, 0.25) is 5.91 Å². The van der Waals surface area contributed by atoms with Gasteiger partial charge in [-0.25, -0.2) is 0 Å². The summed E-state index contributed by atoms with van der Waals surface area (Å²) in [6.07, 6.45) is 1.08. The standard InChI is InChI=1S/C16H18N2O4/c1-9-3-4-11(17-10(2)19)5-13(9)14(20)18-8-16(15(21)22)6-12(18)7-16/h3-5,12H,6-8H2,1-2H3,(H,17,19)(H,21,22). The van der Waals surface area contributed by atoms with Crippen molar-refractivity contribution in [1.82, 2.24) is 4.90 Å². The number of nitrogens with zero attached hydrogens (tertiary/aromatic N) is 1. The third kappa shape index (κ3) is 2.15. The van der Waals surface area contributed by atoms with Crippen LogP contribution in [-0.4, -0.2) is 40.4 Å². The zero-order valence-corrected chi connectivity index (χ0v) is 12.5. The van der Waals surface area contributed by atoms with E-state index in [0.717, 1.165) is 5.56 Å². The van der Waals surface area contributed by atoms with E-state index in [2.05, 4.69) is 5.32 Å². The number of hydrogen-bond donors (Lipinski definition) is 2. The largest absolute Gasteiger partial charge is 0.481 e. The number of aliphatic carboxylic acids is 1. The lowest BCUT2D eigenvalue weighted by Crippen LogP contribution is -2.41. The lowest BCUT2D eigenvalue weighted by molar-refractivity contribution is -0.151. The summed E-state index contributed by atoms with van der Waals surface area (Å²) in [6.45, 7) is 3.51. The van der Waals surface area contributed by atoms with Gasteiger partial charge in [0.15, 0.2) is 0 Å². The summed E-state index contributed by atoms with van der Waals surface area (Å²) < 4.78 is 0. The molecule has 1 saturated carbocycles. The monoisotopic (exact) mass is 302 g/mol. The molecule has 1 aliphatic carbocycles. The molecule has 1 aromatic carbocycles. The Kier molecular flexibility index (Phi) is 3.20. The maximum absolute atomic E-state index is 12.7. The van der Waals surface area contributed by atoms with Crippen LogP contribution in [0.1, 0.15) is 35.7 Å². The second-order valence-electron chi connectivity index (χ2n) is 6.29. The first-order valence-corrected chi connectivity index (χ1v) is 7.25. The number of carbonyl (C=O) groups is 3. The van der Waals surface area contributed by atoms with Crippen molar-refractivity contribution in [2.75, 3.05) is 11.9 Å². The molecule has 2 amide bonds. The number of rotatable bonds is 3. The minimum absolute atomic E-state index is 0.0208. The van der Waals surface area contributed by atoms with E-state index >= 15 is 0 Å². The fraction of sp³-hybridized carbons (Fsp3) is 0.438. The van der Waals surface area contributed by atoms with Gasteiger partial charge < -0.3 is 15.3 Å². The molecule has 0 atom stereocenters. The molecule has 3 fully saturated rings. The lowest BCUT2D eigenvalue weighted by Gasteiger charge is -2.32. The topological polar surface area (TPSA) is 86.7 Å². The van der Waals surface area contributed by atoms with Crippen LogP contribution in [0.15, 0.2) is 18.2 Å². The van der Waals surface area contributed by atoms with Gasteiger partial charge in [0, 0.05) is 30.8 Å². The molecule has 2 saturated heterocycles. The third-order valence-electron chi connectivity index (χ3n) is 4.67. The molecule has 2 heterocycles. The van der Waals surface area contributed by atoms with Crippen molar-refractivity contribution in [1.29, 1.82) is 0 Å². The number of nitrogens with one attached hydrogen (secondary N) is 1. The third-order valence-corrected chi connectivity index (χ3v) is 4.67. The summed E-state index contributed by atoms with van der Waals surface area (Å²) in [5, 5.41) is 12.0. The van der Waals surface area contributed by atoms with E-state index in [1.165, 1.54) is 6.92 Å². The average molecular weight is 302 g/mol. The number of anilines is 1. The Hall–Kier alpha value is -2.37. The quantitative estimate of drug-likeness (QED) is 0.888. The highest BCUT2D eigenvalue weighted by atomic mass is 16.4. The van der Waals surface area contributed by atoms with Crippen LogP contribution < -0.4 is 5.32 Å². The van der Waals surface area contributed by atoms with Gasteiger partial charge >= 0.3 is 5.97 Å². The molecule has 0 spiro atoms. The number of carbonyl (C=O) groups excluding carboxylic acids is 2. The SMILES string of the molecule is CC(=O)Nc1ccc(C)c(C(=O)N2CC3(C(=O)O)CC2C3)c1.